The molecule has 0 aliphatic carbocycles. The van der Waals surface area contributed by atoms with Gasteiger partial charge in [0.2, 0.25) is 0 Å². The Bertz CT molecular complexity index is 256. The Hall–Kier alpha value is 0.240. The Morgan fingerprint density at radius 3 is 2.13 bits per heavy atom. The monoisotopic (exact) mass is 254 g/mol. The van der Waals surface area contributed by atoms with Crippen molar-refractivity contribution in [2.24, 2.45) is 5.41 Å². The van der Waals surface area contributed by atoms with E-state index in [0.717, 1.165) is 25.7 Å². The molecule has 0 aromatic carbocycles. The van der Waals surface area contributed by atoms with Gasteiger partial charge >= 0.3 is 0 Å². The summed E-state index contributed by atoms with van der Waals surface area (Å²) < 4.78 is 22.3. The minimum absolute atomic E-state index is 0.0284. The van der Waals surface area contributed by atoms with Crippen LogP contribution in [0.4, 0.5) is 0 Å². The number of sulfone groups is 1. The van der Waals surface area contributed by atoms with Crippen molar-refractivity contribution >= 4 is 21.4 Å². The lowest BCUT2D eigenvalue weighted by atomic mass is 9.80. The lowest BCUT2D eigenvalue weighted by Crippen LogP contribution is -2.25. The van der Waals surface area contributed by atoms with Gasteiger partial charge in [-0.25, -0.2) is 8.42 Å². The molecule has 2 nitrogen and oxygen atoms in total. The summed E-state index contributed by atoms with van der Waals surface area (Å²) in [6, 6.07) is 0. The predicted molar refractivity (Wildman–Crippen MR) is 67.3 cm³/mol. The van der Waals surface area contributed by atoms with E-state index in [4.69, 9.17) is 11.6 Å². The summed E-state index contributed by atoms with van der Waals surface area (Å²) in [5.41, 5.74) is 0.0284. The zero-order chi connectivity index (χ0) is 11.9. The van der Waals surface area contributed by atoms with Crippen molar-refractivity contribution in [3.63, 3.8) is 0 Å². The quantitative estimate of drug-likeness (QED) is 0.623. The SMILES string of the molecule is CCCCC(CC)(CCl)CCS(C)(=O)=O. The van der Waals surface area contributed by atoms with E-state index in [1.807, 2.05) is 0 Å². The first-order valence-corrected chi connectivity index (χ1v) is 8.22. The van der Waals surface area contributed by atoms with Crippen LogP contribution in [0.15, 0.2) is 0 Å². The molecule has 0 aliphatic heterocycles. The lowest BCUT2D eigenvalue weighted by Gasteiger charge is -2.30. The molecule has 0 fully saturated rings. The molecule has 0 heterocycles. The van der Waals surface area contributed by atoms with Crippen LogP contribution in [-0.2, 0) is 9.84 Å². The molecule has 1 atom stereocenters. The number of hydrogen-bond donors (Lipinski definition) is 0. The summed E-state index contributed by atoms with van der Waals surface area (Å²) in [5.74, 6) is 0.830. The van der Waals surface area contributed by atoms with Crippen LogP contribution in [0.5, 0.6) is 0 Å². The highest BCUT2D eigenvalue weighted by atomic mass is 35.5. The van der Waals surface area contributed by atoms with E-state index in [1.165, 1.54) is 6.26 Å². The molecular weight excluding hydrogens is 232 g/mol. The second-order valence-electron chi connectivity index (χ2n) is 4.47. The minimum Gasteiger partial charge on any atom is -0.229 e. The van der Waals surface area contributed by atoms with Gasteiger partial charge in [0, 0.05) is 12.1 Å². The molecule has 0 aliphatic rings. The molecule has 15 heavy (non-hydrogen) atoms. The van der Waals surface area contributed by atoms with E-state index in [9.17, 15) is 8.42 Å². The average molecular weight is 255 g/mol. The van der Waals surface area contributed by atoms with Crippen LogP contribution in [0.3, 0.4) is 0 Å². The zero-order valence-electron chi connectivity index (χ0n) is 10.1. The summed E-state index contributed by atoms with van der Waals surface area (Å²) in [4.78, 5) is 0. The second-order valence-corrected chi connectivity index (χ2v) is 7.00. The summed E-state index contributed by atoms with van der Waals surface area (Å²) in [5, 5.41) is 0. The fraction of sp³-hybridized carbons (Fsp3) is 1.00. The first-order chi connectivity index (χ1) is 6.89. The van der Waals surface area contributed by atoms with Gasteiger partial charge < -0.3 is 0 Å². The first-order valence-electron chi connectivity index (χ1n) is 5.63. The third-order valence-electron chi connectivity index (χ3n) is 3.10. The maximum absolute atomic E-state index is 11.1. The Morgan fingerprint density at radius 2 is 1.80 bits per heavy atom. The van der Waals surface area contributed by atoms with E-state index in [-0.39, 0.29) is 11.2 Å². The fourth-order valence-corrected chi connectivity index (χ4v) is 2.92. The molecule has 0 rings (SSSR count). The normalized spacial score (nSPS) is 16.3. The summed E-state index contributed by atoms with van der Waals surface area (Å²) in [6.45, 7) is 4.24. The number of rotatable bonds is 8. The molecule has 0 radical (unpaired) electrons. The molecule has 0 saturated carbocycles. The maximum atomic E-state index is 11.1. The summed E-state index contributed by atoms with van der Waals surface area (Å²) >= 11 is 5.99. The smallest absolute Gasteiger partial charge is 0.147 e. The number of alkyl halides is 1. The molecule has 0 saturated heterocycles. The van der Waals surface area contributed by atoms with Crippen molar-refractivity contribution < 1.29 is 8.42 Å². The van der Waals surface area contributed by atoms with Crippen molar-refractivity contribution in [1.82, 2.24) is 0 Å². The van der Waals surface area contributed by atoms with Crippen LogP contribution in [-0.4, -0.2) is 26.3 Å². The summed E-state index contributed by atoms with van der Waals surface area (Å²) in [6.07, 6.45) is 6.26. The van der Waals surface area contributed by atoms with Gasteiger partial charge in [0.05, 0.1) is 5.75 Å². The lowest BCUT2D eigenvalue weighted by molar-refractivity contribution is 0.271. The Kier molecular flexibility index (Phi) is 6.85. The van der Waals surface area contributed by atoms with Gasteiger partial charge in [0.15, 0.2) is 0 Å². The standard InChI is InChI=1S/C11H23ClO2S/c1-4-6-7-11(5-2,10-12)8-9-15(3,13)14/h4-10H2,1-3H3. The number of halogens is 1. The third kappa shape index (κ3) is 6.41. The molecule has 92 valence electrons. The molecule has 0 aromatic heterocycles. The molecule has 4 heteroatoms. The van der Waals surface area contributed by atoms with Crippen LogP contribution in [0.2, 0.25) is 0 Å². The molecular formula is C11H23ClO2S. The van der Waals surface area contributed by atoms with E-state index in [1.54, 1.807) is 0 Å². The van der Waals surface area contributed by atoms with Crippen LogP contribution >= 0.6 is 11.6 Å². The first kappa shape index (κ1) is 15.2. The number of hydrogen-bond acceptors (Lipinski definition) is 2. The van der Waals surface area contributed by atoms with Gasteiger partial charge in [0.1, 0.15) is 9.84 Å². The van der Waals surface area contributed by atoms with Crippen molar-refractivity contribution in [1.29, 1.82) is 0 Å². The van der Waals surface area contributed by atoms with Gasteiger partial charge in [-0.2, -0.15) is 0 Å². The van der Waals surface area contributed by atoms with Crippen molar-refractivity contribution in [2.45, 2.75) is 46.0 Å². The van der Waals surface area contributed by atoms with E-state index in [0.29, 0.717) is 12.3 Å². The van der Waals surface area contributed by atoms with Crippen molar-refractivity contribution in [3.8, 4) is 0 Å². The average Bonchev–Trinajstić information content (AvgIpc) is 2.18. The van der Waals surface area contributed by atoms with Crippen LogP contribution < -0.4 is 0 Å². The van der Waals surface area contributed by atoms with E-state index >= 15 is 0 Å². The Morgan fingerprint density at radius 1 is 1.20 bits per heavy atom. The topological polar surface area (TPSA) is 34.1 Å². The van der Waals surface area contributed by atoms with Gasteiger partial charge in [-0.05, 0) is 24.7 Å². The third-order valence-corrected chi connectivity index (χ3v) is 4.61. The van der Waals surface area contributed by atoms with Crippen molar-refractivity contribution in [3.05, 3.63) is 0 Å². The predicted octanol–water partition coefficient (Wildman–Crippen LogP) is 3.25. The molecule has 0 bridgehead atoms. The van der Waals surface area contributed by atoms with E-state index in [2.05, 4.69) is 13.8 Å². The number of unbranched alkanes of at least 4 members (excludes halogenated alkanes) is 1. The molecule has 0 N–H and O–H groups in total. The maximum Gasteiger partial charge on any atom is 0.147 e. The molecule has 0 amide bonds. The van der Waals surface area contributed by atoms with E-state index < -0.39 is 9.84 Å². The molecule has 0 spiro atoms. The highest BCUT2D eigenvalue weighted by Crippen LogP contribution is 2.34. The van der Waals surface area contributed by atoms with Gasteiger partial charge in [0.25, 0.3) is 0 Å². The Balaban J connectivity index is 4.36. The second kappa shape index (κ2) is 6.74. The largest absolute Gasteiger partial charge is 0.229 e. The molecule has 1 unspecified atom stereocenters. The van der Waals surface area contributed by atoms with Gasteiger partial charge in [-0.15, -0.1) is 11.6 Å². The van der Waals surface area contributed by atoms with Crippen LogP contribution in [0.1, 0.15) is 46.0 Å². The van der Waals surface area contributed by atoms with Gasteiger partial charge in [-0.1, -0.05) is 26.7 Å². The minimum atomic E-state index is -2.86. The summed E-state index contributed by atoms with van der Waals surface area (Å²) in [7, 11) is -2.86. The highest BCUT2D eigenvalue weighted by molar-refractivity contribution is 7.90. The van der Waals surface area contributed by atoms with Crippen molar-refractivity contribution in [2.75, 3.05) is 17.9 Å². The van der Waals surface area contributed by atoms with Crippen LogP contribution in [0, 0.1) is 5.41 Å². The fourth-order valence-electron chi connectivity index (χ4n) is 1.66. The van der Waals surface area contributed by atoms with Crippen LogP contribution in [0.25, 0.3) is 0 Å². The van der Waals surface area contributed by atoms with Gasteiger partial charge in [-0.3, -0.25) is 0 Å². The molecule has 0 aromatic rings. The highest BCUT2D eigenvalue weighted by Gasteiger charge is 2.27. The zero-order valence-corrected chi connectivity index (χ0v) is 11.6. The Labute approximate surface area is 99.3 Å².